The number of hydrogen-bond donors (Lipinski definition) is 1. The topological polar surface area (TPSA) is 37.3 Å². The first-order chi connectivity index (χ1) is 10.7. The third kappa shape index (κ3) is 7.04. The van der Waals surface area contributed by atoms with Gasteiger partial charge in [-0.3, -0.25) is 4.79 Å². The number of aliphatic hydroxyl groups excluding tert-OH is 1. The van der Waals surface area contributed by atoms with Gasteiger partial charge < -0.3 is 5.11 Å². The van der Waals surface area contributed by atoms with Crippen molar-refractivity contribution in [3.8, 4) is 0 Å². The molecule has 22 heavy (non-hydrogen) atoms. The van der Waals surface area contributed by atoms with Gasteiger partial charge in [-0.05, 0) is 38.2 Å². The molecule has 122 valence electrons. The fourth-order valence-corrected chi connectivity index (χ4v) is 2.51. The lowest BCUT2D eigenvalue weighted by Gasteiger charge is -2.10. The maximum absolute atomic E-state index is 11.9. The van der Waals surface area contributed by atoms with Gasteiger partial charge in [0.2, 0.25) is 0 Å². The molecule has 0 radical (unpaired) electrons. The number of carbonyl (C=O) groups excluding carboxylic acids is 1. The highest BCUT2D eigenvalue weighted by atomic mass is 16.3. The van der Waals surface area contributed by atoms with Gasteiger partial charge in [0.05, 0.1) is 6.10 Å². The molecule has 0 aromatic rings. The summed E-state index contributed by atoms with van der Waals surface area (Å²) < 4.78 is 0. The minimum Gasteiger partial charge on any atom is -0.392 e. The molecule has 0 spiro atoms. The second-order valence-electron chi connectivity index (χ2n) is 5.84. The van der Waals surface area contributed by atoms with E-state index in [1.165, 1.54) is 12.8 Å². The predicted octanol–water partition coefficient (Wildman–Crippen LogP) is 4.91. The first-order valence-electron chi connectivity index (χ1n) is 8.59. The second kappa shape index (κ2) is 11.2. The van der Waals surface area contributed by atoms with Crippen molar-refractivity contribution in [2.75, 3.05) is 0 Å². The second-order valence-corrected chi connectivity index (χ2v) is 5.84. The van der Waals surface area contributed by atoms with Crippen LogP contribution >= 0.6 is 0 Å². The van der Waals surface area contributed by atoms with Gasteiger partial charge in [-0.25, -0.2) is 0 Å². The van der Waals surface area contributed by atoms with Crippen LogP contribution in [0.1, 0.15) is 58.8 Å². The van der Waals surface area contributed by atoms with Gasteiger partial charge >= 0.3 is 0 Å². The number of rotatable bonds is 10. The summed E-state index contributed by atoms with van der Waals surface area (Å²) in [6.45, 7) is 4.26. The zero-order valence-electron chi connectivity index (χ0n) is 14.0. The van der Waals surface area contributed by atoms with Crippen LogP contribution in [-0.4, -0.2) is 17.0 Å². The summed E-state index contributed by atoms with van der Waals surface area (Å²) in [7, 11) is 0. The molecule has 0 heterocycles. The molecule has 2 atom stereocenters. The van der Waals surface area contributed by atoms with Crippen molar-refractivity contribution in [2.24, 2.45) is 5.92 Å². The van der Waals surface area contributed by atoms with Gasteiger partial charge in [0.25, 0.3) is 0 Å². The molecule has 1 N–H and O–H groups in total. The van der Waals surface area contributed by atoms with Crippen LogP contribution in [0.4, 0.5) is 0 Å². The number of allylic oxidation sites excluding steroid dienone is 6. The Morgan fingerprint density at radius 2 is 2.00 bits per heavy atom. The van der Waals surface area contributed by atoms with Gasteiger partial charge in [-0.1, -0.05) is 63.1 Å². The average molecular weight is 302 g/mol. The number of hydrogen-bond acceptors (Lipinski definition) is 2. The van der Waals surface area contributed by atoms with Gasteiger partial charge in [0.15, 0.2) is 5.78 Å². The molecule has 0 aromatic heterocycles. The van der Waals surface area contributed by atoms with Crippen molar-refractivity contribution < 1.29 is 9.90 Å². The molecular weight excluding hydrogens is 272 g/mol. The Hall–Kier alpha value is -1.41. The maximum atomic E-state index is 11.9. The quantitative estimate of drug-likeness (QED) is 0.353. The molecule has 2 unspecified atom stereocenters. The monoisotopic (exact) mass is 302 g/mol. The average Bonchev–Trinajstić information content (AvgIpc) is 2.85. The van der Waals surface area contributed by atoms with Crippen molar-refractivity contribution in [3.63, 3.8) is 0 Å². The van der Waals surface area contributed by atoms with Crippen molar-refractivity contribution in [1.29, 1.82) is 0 Å². The first-order valence-corrected chi connectivity index (χ1v) is 8.59. The normalized spacial score (nSPS) is 21.7. The smallest absolute Gasteiger partial charge is 0.181 e. The van der Waals surface area contributed by atoms with Crippen LogP contribution in [-0.2, 0) is 4.79 Å². The summed E-state index contributed by atoms with van der Waals surface area (Å²) in [6, 6.07) is 0. The van der Waals surface area contributed by atoms with E-state index >= 15 is 0 Å². The Labute approximate surface area is 135 Å². The molecule has 0 aliphatic heterocycles. The van der Waals surface area contributed by atoms with Crippen LogP contribution in [0.15, 0.2) is 48.1 Å². The lowest BCUT2D eigenvalue weighted by atomic mass is 9.96. The summed E-state index contributed by atoms with van der Waals surface area (Å²) in [5.74, 6) is 0.284. The minimum atomic E-state index is -0.399. The Morgan fingerprint density at radius 1 is 1.18 bits per heavy atom. The summed E-state index contributed by atoms with van der Waals surface area (Å²) >= 11 is 0. The van der Waals surface area contributed by atoms with Crippen LogP contribution in [0.5, 0.6) is 0 Å². The van der Waals surface area contributed by atoms with Crippen LogP contribution in [0.25, 0.3) is 0 Å². The lowest BCUT2D eigenvalue weighted by Crippen LogP contribution is -2.07. The Morgan fingerprint density at radius 3 is 2.73 bits per heavy atom. The SMILES string of the molecule is CC/C=C\CC(O)C/C=C1/C(=O)C=CC1C/C=C\CCCC. The third-order valence-corrected chi connectivity index (χ3v) is 3.87. The zero-order chi connectivity index (χ0) is 16.2. The van der Waals surface area contributed by atoms with Gasteiger partial charge in [-0.2, -0.15) is 0 Å². The van der Waals surface area contributed by atoms with Crippen LogP contribution in [0.2, 0.25) is 0 Å². The molecular formula is C20H30O2. The molecule has 2 nitrogen and oxygen atoms in total. The van der Waals surface area contributed by atoms with Gasteiger partial charge in [0.1, 0.15) is 0 Å². The largest absolute Gasteiger partial charge is 0.392 e. The number of aliphatic hydroxyl groups is 1. The molecule has 1 aliphatic carbocycles. The number of unbranched alkanes of at least 4 members (excludes halogenated alkanes) is 2. The lowest BCUT2D eigenvalue weighted by molar-refractivity contribution is -0.111. The number of ketones is 1. The van der Waals surface area contributed by atoms with E-state index in [0.29, 0.717) is 12.8 Å². The van der Waals surface area contributed by atoms with Crippen LogP contribution < -0.4 is 0 Å². The Balaban J connectivity index is 2.47. The van der Waals surface area contributed by atoms with E-state index in [9.17, 15) is 9.90 Å². The summed E-state index contributed by atoms with van der Waals surface area (Å²) in [5, 5.41) is 9.94. The highest BCUT2D eigenvalue weighted by Gasteiger charge is 2.21. The van der Waals surface area contributed by atoms with Crippen molar-refractivity contribution in [3.05, 3.63) is 48.1 Å². The fourth-order valence-electron chi connectivity index (χ4n) is 2.51. The molecule has 2 heteroatoms. The highest BCUT2D eigenvalue weighted by Crippen LogP contribution is 2.26. The Kier molecular flexibility index (Phi) is 9.49. The van der Waals surface area contributed by atoms with E-state index in [4.69, 9.17) is 0 Å². The molecule has 0 aromatic carbocycles. The van der Waals surface area contributed by atoms with E-state index in [1.54, 1.807) is 6.08 Å². The minimum absolute atomic E-state index is 0.100. The van der Waals surface area contributed by atoms with Crippen LogP contribution in [0.3, 0.4) is 0 Å². The molecule has 0 fully saturated rings. The summed E-state index contributed by atoms with van der Waals surface area (Å²) in [5.41, 5.74) is 0.846. The highest BCUT2D eigenvalue weighted by molar-refractivity contribution is 6.07. The van der Waals surface area contributed by atoms with E-state index in [2.05, 4.69) is 32.1 Å². The molecule has 1 rings (SSSR count). The molecule has 1 aliphatic rings. The molecule has 0 saturated heterocycles. The summed E-state index contributed by atoms with van der Waals surface area (Å²) in [6.07, 6.45) is 20.2. The van der Waals surface area contributed by atoms with Crippen molar-refractivity contribution >= 4 is 5.78 Å². The van der Waals surface area contributed by atoms with E-state index < -0.39 is 6.10 Å². The van der Waals surface area contributed by atoms with Gasteiger partial charge in [-0.15, -0.1) is 0 Å². The van der Waals surface area contributed by atoms with Gasteiger partial charge in [0, 0.05) is 11.5 Å². The number of carbonyl (C=O) groups is 1. The molecule has 0 amide bonds. The van der Waals surface area contributed by atoms with E-state index in [1.807, 2.05) is 18.2 Å². The van der Waals surface area contributed by atoms with Crippen LogP contribution in [0, 0.1) is 5.92 Å². The van der Waals surface area contributed by atoms with Crippen molar-refractivity contribution in [1.82, 2.24) is 0 Å². The van der Waals surface area contributed by atoms with Crippen molar-refractivity contribution in [2.45, 2.75) is 64.9 Å². The molecule has 0 bridgehead atoms. The fraction of sp³-hybridized carbons (Fsp3) is 0.550. The third-order valence-electron chi connectivity index (χ3n) is 3.87. The molecule has 0 saturated carbocycles. The zero-order valence-corrected chi connectivity index (χ0v) is 14.0. The first kappa shape index (κ1) is 18.6. The maximum Gasteiger partial charge on any atom is 0.181 e. The predicted molar refractivity (Wildman–Crippen MR) is 93.7 cm³/mol. The summed E-state index contributed by atoms with van der Waals surface area (Å²) in [4.78, 5) is 11.9. The standard InChI is InChI=1S/C20H30O2/c1-3-5-7-8-10-11-17-13-16-20(22)19(17)15-14-18(21)12-9-6-4-2/h6,8-10,13,15-18,21H,3-5,7,11-12,14H2,1-2H3/b9-6-,10-8-,19-15+. The Bertz CT molecular complexity index is 441. The van der Waals surface area contributed by atoms with E-state index in [-0.39, 0.29) is 11.7 Å². The van der Waals surface area contributed by atoms with E-state index in [0.717, 1.165) is 24.8 Å².